The summed E-state index contributed by atoms with van der Waals surface area (Å²) in [5, 5.41) is 8.47. The van der Waals surface area contributed by atoms with Gasteiger partial charge in [0.15, 0.2) is 0 Å². The molecule has 0 unspecified atom stereocenters. The molecule has 0 fully saturated rings. The van der Waals surface area contributed by atoms with Crippen LogP contribution in [0.2, 0.25) is 0 Å². The van der Waals surface area contributed by atoms with E-state index in [2.05, 4.69) is 4.98 Å². The van der Waals surface area contributed by atoms with E-state index in [0.29, 0.717) is 0 Å². The molecule has 0 aliphatic carbocycles. The van der Waals surface area contributed by atoms with Crippen LogP contribution in [0.1, 0.15) is 11.1 Å². The molecular formula is C8H5F3N2. The Bertz CT molecular complexity index is 338. The third kappa shape index (κ3) is 2.75. The number of halogens is 3. The minimum absolute atomic E-state index is 0.0207. The third-order valence-corrected chi connectivity index (χ3v) is 1.41. The fourth-order valence-electron chi connectivity index (χ4n) is 0.893. The van der Waals surface area contributed by atoms with Gasteiger partial charge in [0.1, 0.15) is 0 Å². The molecule has 0 saturated carbocycles. The standard InChI is InChI=1S/C8H5F3N2/c9-8(10,11)3-7-5-13-2-1-6(7)4-12/h1-2,5H,3H2. The predicted molar refractivity (Wildman–Crippen MR) is 38.7 cm³/mol. The van der Waals surface area contributed by atoms with E-state index in [4.69, 9.17) is 5.26 Å². The summed E-state index contributed by atoms with van der Waals surface area (Å²) >= 11 is 0. The van der Waals surface area contributed by atoms with E-state index in [1.807, 2.05) is 0 Å². The fourth-order valence-corrected chi connectivity index (χ4v) is 0.893. The van der Waals surface area contributed by atoms with Crippen molar-refractivity contribution in [2.75, 3.05) is 0 Å². The number of rotatable bonds is 1. The van der Waals surface area contributed by atoms with Gasteiger partial charge in [0.2, 0.25) is 0 Å². The van der Waals surface area contributed by atoms with Gasteiger partial charge in [-0.1, -0.05) is 0 Å². The van der Waals surface area contributed by atoms with Crippen LogP contribution >= 0.6 is 0 Å². The van der Waals surface area contributed by atoms with E-state index in [1.165, 1.54) is 12.3 Å². The van der Waals surface area contributed by atoms with E-state index >= 15 is 0 Å². The molecule has 0 aliphatic rings. The van der Waals surface area contributed by atoms with Crippen LogP contribution in [0, 0.1) is 11.3 Å². The van der Waals surface area contributed by atoms with Crippen molar-refractivity contribution < 1.29 is 13.2 Å². The van der Waals surface area contributed by atoms with E-state index in [-0.39, 0.29) is 11.1 Å². The second kappa shape index (κ2) is 3.44. The number of hydrogen-bond donors (Lipinski definition) is 0. The summed E-state index contributed by atoms with van der Waals surface area (Å²) in [6.45, 7) is 0. The lowest BCUT2D eigenvalue weighted by Crippen LogP contribution is -2.12. The summed E-state index contributed by atoms with van der Waals surface area (Å²) in [6.07, 6.45) is -3.05. The molecule has 68 valence electrons. The van der Waals surface area contributed by atoms with Gasteiger partial charge in [-0.05, 0) is 11.6 Å². The Kier molecular flexibility index (Phi) is 2.52. The van der Waals surface area contributed by atoms with Gasteiger partial charge in [-0.3, -0.25) is 4.98 Å². The second-order valence-corrected chi connectivity index (χ2v) is 2.44. The predicted octanol–water partition coefficient (Wildman–Crippen LogP) is 2.06. The molecule has 0 bridgehead atoms. The molecule has 0 radical (unpaired) electrons. The van der Waals surface area contributed by atoms with Crippen LogP contribution in [-0.4, -0.2) is 11.2 Å². The minimum Gasteiger partial charge on any atom is -0.264 e. The van der Waals surface area contributed by atoms with Crippen LogP contribution in [0.25, 0.3) is 0 Å². The van der Waals surface area contributed by atoms with E-state index < -0.39 is 12.6 Å². The van der Waals surface area contributed by atoms with Gasteiger partial charge in [-0.25, -0.2) is 0 Å². The largest absolute Gasteiger partial charge is 0.393 e. The van der Waals surface area contributed by atoms with Crippen molar-refractivity contribution in [2.24, 2.45) is 0 Å². The van der Waals surface area contributed by atoms with Gasteiger partial charge >= 0.3 is 6.18 Å². The van der Waals surface area contributed by atoms with Gasteiger partial charge in [0, 0.05) is 12.4 Å². The monoisotopic (exact) mass is 186 g/mol. The molecule has 0 saturated heterocycles. The Balaban J connectivity index is 2.96. The van der Waals surface area contributed by atoms with Gasteiger partial charge in [-0.2, -0.15) is 18.4 Å². The summed E-state index contributed by atoms with van der Waals surface area (Å²) in [5.74, 6) is 0. The van der Waals surface area contributed by atoms with Crippen LogP contribution in [0.5, 0.6) is 0 Å². The third-order valence-electron chi connectivity index (χ3n) is 1.41. The van der Waals surface area contributed by atoms with Crippen LogP contribution in [0.4, 0.5) is 13.2 Å². The van der Waals surface area contributed by atoms with E-state index in [9.17, 15) is 13.2 Å². The first-order valence-electron chi connectivity index (χ1n) is 3.42. The zero-order valence-corrected chi connectivity index (χ0v) is 6.47. The number of nitrogens with zero attached hydrogens (tertiary/aromatic N) is 2. The van der Waals surface area contributed by atoms with Crippen molar-refractivity contribution in [3.63, 3.8) is 0 Å². The van der Waals surface area contributed by atoms with Crippen LogP contribution in [0.3, 0.4) is 0 Å². The lowest BCUT2D eigenvalue weighted by Gasteiger charge is -2.06. The highest BCUT2D eigenvalue weighted by atomic mass is 19.4. The molecule has 5 heteroatoms. The molecule has 0 aromatic carbocycles. The van der Waals surface area contributed by atoms with Crippen molar-refractivity contribution in [1.29, 1.82) is 5.26 Å². The van der Waals surface area contributed by atoms with Gasteiger partial charge in [-0.15, -0.1) is 0 Å². The number of pyridine rings is 1. The lowest BCUT2D eigenvalue weighted by molar-refractivity contribution is -0.127. The lowest BCUT2D eigenvalue weighted by atomic mass is 10.1. The average molecular weight is 186 g/mol. The molecule has 1 aromatic rings. The Morgan fingerprint density at radius 3 is 2.69 bits per heavy atom. The smallest absolute Gasteiger partial charge is 0.264 e. The molecule has 13 heavy (non-hydrogen) atoms. The first-order valence-corrected chi connectivity index (χ1v) is 3.42. The zero-order valence-electron chi connectivity index (χ0n) is 6.47. The highest BCUT2D eigenvalue weighted by Gasteiger charge is 2.28. The zero-order chi connectivity index (χ0) is 9.90. The molecule has 0 spiro atoms. The highest BCUT2D eigenvalue weighted by Crippen LogP contribution is 2.22. The van der Waals surface area contributed by atoms with Gasteiger partial charge in [0.25, 0.3) is 0 Å². The molecule has 2 nitrogen and oxygen atoms in total. The van der Waals surface area contributed by atoms with Crippen LogP contribution < -0.4 is 0 Å². The van der Waals surface area contributed by atoms with Gasteiger partial charge < -0.3 is 0 Å². The number of hydrogen-bond acceptors (Lipinski definition) is 2. The topological polar surface area (TPSA) is 36.7 Å². The maximum atomic E-state index is 11.9. The number of aromatic nitrogens is 1. The Morgan fingerprint density at radius 1 is 1.46 bits per heavy atom. The quantitative estimate of drug-likeness (QED) is 0.673. The van der Waals surface area contributed by atoms with Crippen molar-refractivity contribution >= 4 is 0 Å². The number of alkyl halides is 3. The summed E-state index contributed by atoms with van der Waals surface area (Å²) in [4.78, 5) is 3.53. The van der Waals surface area contributed by atoms with Crippen molar-refractivity contribution in [3.8, 4) is 6.07 Å². The van der Waals surface area contributed by atoms with Crippen molar-refractivity contribution in [3.05, 3.63) is 29.6 Å². The maximum absolute atomic E-state index is 11.9. The molecule has 1 aromatic heterocycles. The summed E-state index contributed by atoms with van der Waals surface area (Å²) < 4.78 is 35.8. The minimum atomic E-state index is -4.30. The molecule has 1 heterocycles. The molecular weight excluding hydrogens is 181 g/mol. The normalized spacial score (nSPS) is 10.9. The van der Waals surface area contributed by atoms with Crippen LogP contribution in [-0.2, 0) is 6.42 Å². The van der Waals surface area contributed by atoms with Gasteiger partial charge in [0.05, 0.1) is 18.1 Å². The van der Waals surface area contributed by atoms with Crippen molar-refractivity contribution in [2.45, 2.75) is 12.6 Å². The molecule has 0 atom stereocenters. The number of nitriles is 1. The fraction of sp³-hybridized carbons (Fsp3) is 0.250. The Morgan fingerprint density at radius 2 is 2.15 bits per heavy atom. The molecule has 0 N–H and O–H groups in total. The highest BCUT2D eigenvalue weighted by molar-refractivity contribution is 5.35. The Labute approximate surface area is 72.6 Å². The molecule has 1 rings (SSSR count). The first kappa shape index (κ1) is 9.52. The summed E-state index contributed by atoms with van der Waals surface area (Å²) in [7, 11) is 0. The second-order valence-electron chi connectivity index (χ2n) is 2.44. The maximum Gasteiger partial charge on any atom is 0.393 e. The molecule has 0 aliphatic heterocycles. The SMILES string of the molecule is N#Cc1ccncc1CC(F)(F)F. The van der Waals surface area contributed by atoms with Crippen molar-refractivity contribution in [1.82, 2.24) is 4.98 Å². The summed E-state index contributed by atoms with van der Waals surface area (Å²) in [6, 6.07) is 2.94. The first-order chi connectivity index (χ1) is 6.03. The molecule has 0 amide bonds. The van der Waals surface area contributed by atoms with E-state index in [0.717, 1.165) is 6.20 Å². The Hall–Kier alpha value is -1.57. The van der Waals surface area contributed by atoms with E-state index in [1.54, 1.807) is 6.07 Å². The average Bonchev–Trinajstić information content (AvgIpc) is 2.02. The summed E-state index contributed by atoms with van der Waals surface area (Å²) in [5.41, 5.74) is -0.0650. The van der Waals surface area contributed by atoms with Crippen LogP contribution in [0.15, 0.2) is 18.5 Å².